The zero-order chi connectivity index (χ0) is 14.3. The second-order valence-electron chi connectivity index (χ2n) is 4.00. The Kier molecular flexibility index (Phi) is 3.33. The number of carboxylic acids is 1. The van der Waals surface area contributed by atoms with Crippen LogP contribution in [-0.4, -0.2) is 21.0 Å². The zero-order valence-corrected chi connectivity index (χ0v) is 12.1. The summed E-state index contributed by atoms with van der Waals surface area (Å²) in [5.74, 6) is -0.954. The van der Waals surface area contributed by atoms with E-state index in [0.717, 1.165) is 15.0 Å². The molecule has 0 fully saturated rings. The van der Waals surface area contributed by atoms with Gasteiger partial charge in [-0.15, -0.1) is 11.3 Å². The third-order valence-electron chi connectivity index (χ3n) is 2.72. The fourth-order valence-corrected chi connectivity index (χ4v) is 3.29. The van der Waals surface area contributed by atoms with E-state index in [1.165, 1.54) is 17.5 Å². The summed E-state index contributed by atoms with van der Waals surface area (Å²) in [6, 6.07) is 6.85. The van der Waals surface area contributed by atoms with Gasteiger partial charge in [-0.1, -0.05) is 17.7 Å². The van der Waals surface area contributed by atoms with Gasteiger partial charge in [-0.25, -0.2) is 14.8 Å². The van der Waals surface area contributed by atoms with Crippen molar-refractivity contribution in [1.29, 1.82) is 0 Å². The summed E-state index contributed by atoms with van der Waals surface area (Å²) in [6.45, 7) is 0. The molecule has 2 heterocycles. The monoisotopic (exact) mass is 324 g/mol. The number of carboxylic acid groups (broad SMARTS) is 1. The molecule has 0 saturated carbocycles. The summed E-state index contributed by atoms with van der Waals surface area (Å²) in [5.41, 5.74) is 0.794. The Bertz CT molecular complexity index is 832. The third kappa shape index (κ3) is 2.35. The van der Waals surface area contributed by atoms with Gasteiger partial charge in [0.15, 0.2) is 0 Å². The number of benzene rings is 1. The minimum Gasteiger partial charge on any atom is -0.478 e. The minimum absolute atomic E-state index is 0.119. The second kappa shape index (κ2) is 5.01. The maximum Gasteiger partial charge on any atom is 0.335 e. The van der Waals surface area contributed by atoms with Crippen LogP contribution in [-0.2, 0) is 0 Å². The van der Waals surface area contributed by atoms with Crippen molar-refractivity contribution in [1.82, 2.24) is 9.97 Å². The molecule has 3 aromatic rings. The molecule has 1 aromatic carbocycles. The van der Waals surface area contributed by atoms with Crippen LogP contribution in [0.3, 0.4) is 0 Å². The molecule has 0 aliphatic heterocycles. The van der Waals surface area contributed by atoms with Crippen molar-refractivity contribution in [2.75, 3.05) is 0 Å². The number of aromatic nitrogens is 2. The van der Waals surface area contributed by atoms with Crippen LogP contribution in [0.25, 0.3) is 20.7 Å². The lowest BCUT2D eigenvalue weighted by Gasteiger charge is -1.99. The average molecular weight is 325 g/mol. The summed E-state index contributed by atoms with van der Waals surface area (Å²) >= 11 is 13.3. The molecule has 0 aliphatic rings. The second-order valence-corrected chi connectivity index (χ2v) is 5.83. The first kappa shape index (κ1) is 13.3. The molecule has 0 spiro atoms. The number of carbonyl (C=O) groups is 1. The Labute approximate surface area is 127 Å². The molecule has 0 saturated heterocycles. The van der Waals surface area contributed by atoms with Gasteiger partial charge in [0, 0.05) is 4.70 Å². The molecule has 0 amide bonds. The van der Waals surface area contributed by atoms with Crippen molar-refractivity contribution in [3.8, 4) is 10.6 Å². The predicted octanol–water partition coefficient (Wildman–Crippen LogP) is 4.36. The summed E-state index contributed by atoms with van der Waals surface area (Å²) < 4.78 is 0.853. The Hall–Kier alpha value is -1.69. The highest BCUT2D eigenvalue weighted by molar-refractivity contribution is 7.22. The van der Waals surface area contributed by atoms with Crippen molar-refractivity contribution >= 4 is 50.6 Å². The van der Waals surface area contributed by atoms with Crippen molar-refractivity contribution < 1.29 is 9.90 Å². The molecule has 20 heavy (non-hydrogen) atoms. The van der Waals surface area contributed by atoms with Gasteiger partial charge < -0.3 is 5.11 Å². The Balaban J connectivity index is 2.17. The molecule has 0 unspecified atom stereocenters. The summed E-state index contributed by atoms with van der Waals surface area (Å²) in [4.78, 5) is 19.7. The van der Waals surface area contributed by atoms with E-state index < -0.39 is 5.97 Å². The third-order valence-corrected chi connectivity index (χ3v) is 4.28. The SMILES string of the molecule is O=C(O)c1ccc2cc(-c3nc(Cl)ncc3Cl)sc2c1. The fraction of sp³-hybridized carbons (Fsp3) is 0. The van der Waals surface area contributed by atoms with Crippen LogP contribution in [0.5, 0.6) is 0 Å². The molecule has 100 valence electrons. The Morgan fingerprint density at radius 2 is 2.05 bits per heavy atom. The van der Waals surface area contributed by atoms with Crippen LogP contribution in [0.4, 0.5) is 0 Å². The topological polar surface area (TPSA) is 63.1 Å². The molecule has 3 rings (SSSR count). The number of hydrogen-bond acceptors (Lipinski definition) is 4. The van der Waals surface area contributed by atoms with E-state index in [0.29, 0.717) is 10.7 Å². The molecule has 0 bridgehead atoms. The van der Waals surface area contributed by atoms with Crippen molar-refractivity contribution in [3.05, 3.63) is 46.3 Å². The highest BCUT2D eigenvalue weighted by Crippen LogP contribution is 2.36. The van der Waals surface area contributed by atoms with E-state index in [1.54, 1.807) is 18.2 Å². The first-order valence-electron chi connectivity index (χ1n) is 5.50. The lowest BCUT2D eigenvalue weighted by Crippen LogP contribution is -1.94. The number of thiophene rings is 1. The van der Waals surface area contributed by atoms with Crippen molar-refractivity contribution in [2.24, 2.45) is 0 Å². The first-order chi connectivity index (χ1) is 9.54. The minimum atomic E-state index is -0.954. The molecular weight excluding hydrogens is 319 g/mol. The van der Waals surface area contributed by atoms with E-state index in [-0.39, 0.29) is 10.8 Å². The number of aromatic carboxylic acids is 1. The Morgan fingerprint density at radius 1 is 1.25 bits per heavy atom. The van der Waals surface area contributed by atoms with Gasteiger partial charge in [0.1, 0.15) is 5.69 Å². The van der Waals surface area contributed by atoms with Crippen LogP contribution in [0, 0.1) is 0 Å². The van der Waals surface area contributed by atoms with Crippen molar-refractivity contribution in [2.45, 2.75) is 0 Å². The van der Waals surface area contributed by atoms with Crippen LogP contribution in [0.1, 0.15) is 10.4 Å². The molecule has 2 aromatic heterocycles. The average Bonchev–Trinajstić information content (AvgIpc) is 2.83. The summed E-state index contributed by atoms with van der Waals surface area (Å²) in [7, 11) is 0. The van der Waals surface area contributed by atoms with Crippen molar-refractivity contribution in [3.63, 3.8) is 0 Å². The molecule has 0 aliphatic carbocycles. The molecule has 1 N–H and O–H groups in total. The zero-order valence-electron chi connectivity index (χ0n) is 9.80. The number of halogens is 2. The van der Waals surface area contributed by atoms with Crippen LogP contribution < -0.4 is 0 Å². The normalized spacial score (nSPS) is 10.9. The number of rotatable bonds is 2. The lowest BCUT2D eigenvalue weighted by molar-refractivity contribution is 0.0697. The quantitative estimate of drug-likeness (QED) is 0.711. The van der Waals surface area contributed by atoms with Gasteiger partial charge in [0.2, 0.25) is 5.28 Å². The number of nitrogens with zero attached hydrogens (tertiary/aromatic N) is 2. The van der Waals surface area contributed by atoms with Crippen LogP contribution in [0.2, 0.25) is 10.3 Å². The van der Waals surface area contributed by atoms with E-state index in [2.05, 4.69) is 9.97 Å². The van der Waals surface area contributed by atoms with E-state index in [1.807, 2.05) is 6.07 Å². The summed E-state index contributed by atoms with van der Waals surface area (Å²) in [6.07, 6.45) is 1.44. The molecule has 7 heteroatoms. The fourth-order valence-electron chi connectivity index (χ4n) is 1.80. The van der Waals surface area contributed by atoms with Gasteiger partial charge in [-0.3, -0.25) is 0 Å². The Morgan fingerprint density at radius 3 is 2.80 bits per heavy atom. The largest absolute Gasteiger partial charge is 0.478 e. The smallest absolute Gasteiger partial charge is 0.335 e. The van der Waals surface area contributed by atoms with Gasteiger partial charge in [-0.2, -0.15) is 0 Å². The predicted molar refractivity (Wildman–Crippen MR) is 79.8 cm³/mol. The molecule has 0 atom stereocenters. The maximum atomic E-state index is 11.0. The van der Waals surface area contributed by atoms with Gasteiger partial charge in [-0.05, 0) is 35.2 Å². The molecule has 0 radical (unpaired) electrons. The van der Waals surface area contributed by atoms with E-state index in [9.17, 15) is 4.79 Å². The van der Waals surface area contributed by atoms with Gasteiger partial charge in [0.05, 0.1) is 21.7 Å². The lowest BCUT2D eigenvalue weighted by atomic mass is 10.1. The van der Waals surface area contributed by atoms with E-state index in [4.69, 9.17) is 28.3 Å². The maximum absolute atomic E-state index is 11.0. The standard InChI is InChI=1S/C13H6Cl2N2O2S/c14-8-5-16-13(15)17-11(8)10-3-6-1-2-7(12(18)19)4-9(6)20-10/h1-5H,(H,18,19). The molecule has 4 nitrogen and oxygen atoms in total. The van der Waals surface area contributed by atoms with E-state index >= 15 is 0 Å². The van der Waals surface area contributed by atoms with Crippen LogP contribution >= 0.6 is 34.5 Å². The van der Waals surface area contributed by atoms with Gasteiger partial charge in [0.25, 0.3) is 0 Å². The highest BCUT2D eigenvalue weighted by Gasteiger charge is 2.12. The first-order valence-corrected chi connectivity index (χ1v) is 7.07. The number of hydrogen-bond donors (Lipinski definition) is 1. The van der Waals surface area contributed by atoms with Gasteiger partial charge >= 0.3 is 5.97 Å². The van der Waals surface area contributed by atoms with Crippen LogP contribution in [0.15, 0.2) is 30.5 Å². The highest BCUT2D eigenvalue weighted by atomic mass is 35.5. The summed E-state index contributed by atoms with van der Waals surface area (Å²) in [5, 5.41) is 10.4. The number of fused-ring (bicyclic) bond motifs is 1. The molecular formula is C13H6Cl2N2O2S.